The van der Waals surface area contributed by atoms with Crippen LogP contribution in [-0.4, -0.2) is 29.3 Å². The predicted molar refractivity (Wildman–Crippen MR) is 95.5 cm³/mol. The first-order valence-corrected chi connectivity index (χ1v) is 8.39. The molecule has 0 spiro atoms. The summed E-state index contributed by atoms with van der Waals surface area (Å²) in [6, 6.07) is 12.0. The van der Waals surface area contributed by atoms with Gasteiger partial charge in [-0.25, -0.2) is 0 Å². The van der Waals surface area contributed by atoms with Crippen LogP contribution in [0.15, 0.2) is 47.1 Å². The van der Waals surface area contributed by atoms with Crippen molar-refractivity contribution in [2.45, 2.75) is 32.4 Å². The van der Waals surface area contributed by atoms with Crippen LogP contribution in [0.25, 0.3) is 0 Å². The minimum atomic E-state index is 0.238. The lowest BCUT2D eigenvalue weighted by Gasteiger charge is -2.27. The van der Waals surface area contributed by atoms with Gasteiger partial charge in [0.25, 0.3) is 0 Å². The molecule has 2 aromatic rings. The third-order valence-corrected chi connectivity index (χ3v) is 4.41. The summed E-state index contributed by atoms with van der Waals surface area (Å²) in [5.41, 5.74) is 2.21. The van der Waals surface area contributed by atoms with Gasteiger partial charge in [0.15, 0.2) is 5.11 Å². The Kier molecular flexibility index (Phi) is 5.31. The molecule has 0 saturated carbocycles. The van der Waals surface area contributed by atoms with Crippen molar-refractivity contribution >= 4 is 23.0 Å². The minimum Gasteiger partial charge on any atom is -0.467 e. The standard InChI is InChI=1S/C18H22N2O2S/c1-14-6-2-3-9-17(14)19-18(23)20(12-15-7-4-10-21-15)13-16-8-5-11-22-16/h2-4,6-7,9-10,16H,5,8,11-13H2,1H3,(H,19,23). The number of aryl methyl sites for hydroxylation is 1. The Bertz CT molecular complexity index is 636. The second-order valence-electron chi connectivity index (χ2n) is 5.84. The topological polar surface area (TPSA) is 37.6 Å². The van der Waals surface area contributed by atoms with Crippen molar-refractivity contribution in [3.8, 4) is 0 Å². The number of anilines is 1. The van der Waals surface area contributed by atoms with Gasteiger partial charge in [-0.1, -0.05) is 18.2 Å². The van der Waals surface area contributed by atoms with Gasteiger partial charge in [0.2, 0.25) is 0 Å². The summed E-state index contributed by atoms with van der Waals surface area (Å²) >= 11 is 5.64. The molecule has 1 aromatic heterocycles. The van der Waals surface area contributed by atoms with Crippen LogP contribution in [0.1, 0.15) is 24.2 Å². The maximum atomic E-state index is 5.77. The van der Waals surface area contributed by atoms with Crippen molar-refractivity contribution in [2.24, 2.45) is 0 Å². The largest absolute Gasteiger partial charge is 0.467 e. The first-order valence-electron chi connectivity index (χ1n) is 7.98. The smallest absolute Gasteiger partial charge is 0.173 e. The zero-order valence-corrected chi connectivity index (χ0v) is 14.1. The van der Waals surface area contributed by atoms with E-state index in [2.05, 4.69) is 23.2 Å². The van der Waals surface area contributed by atoms with Gasteiger partial charge in [-0.05, 0) is 55.7 Å². The number of hydrogen-bond donors (Lipinski definition) is 1. The number of nitrogens with one attached hydrogen (secondary N) is 1. The van der Waals surface area contributed by atoms with Crippen LogP contribution in [0.4, 0.5) is 5.69 Å². The maximum absolute atomic E-state index is 5.77. The van der Waals surface area contributed by atoms with Gasteiger partial charge >= 0.3 is 0 Å². The van der Waals surface area contributed by atoms with Crippen molar-refractivity contribution in [1.82, 2.24) is 4.90 Å². The monoisotopic (exact) mass is 330 g/mol. The van der Waals surface area contributed by atoms with Gasteiger partial charge in [-0.2, -0.15) is 0 Å². The number of furan rings is 1. The molecule has 23 heavy (non-hydrogen) atoms. The number of rotatable bonds is 5. The predicted octanol–water partition coefficient (Wildman–Crippen LogP) is 3.97. The van der Waals surface area contributed by atoms with Crippen molar-refractivity contribution in [3.63, 3.8) is 0 Å². The van der Waals surface area contributed by atoms with Gasteiger partial charge in [0.05, 0.1) is 18.9 Å². The molecule has 1 saturated heterocycles. The number of nitrogens with zero attached hydrogens (tertiary/aromatic N) is 1. The SMILES string of the molecule is Cc1ccccc1NC(=S)N(Cc1ccco1)CC1CCCO1. The lowest BCUT2D eigenvalue weighted by atomic mass is 10.2. The highest BCUT2D eigenvalue weighted by atomic mass is 32.1. The van der Waals surface area contributed by atoms with Crippen molar-refractivity contribution < 1.29 is 9.15 Å². The van der Waals surface area contributed by atoms with E-state index >= 15 is 0 Å². The molecule has 122 valence electrons. The summed E-state index contributed by atoms with van der Waals surface area (Å²) in [4.78, 5) is 2.12. The van der Waals surface area contributed by atoms with E-state index in [0.717, 1.165) is 37.4 Å². The fraction of sp³-hybridized carbons (Fsp3) is 0.389. The number of ether oxygens (including phenoxy) is 1. The lowest BCUT2D eigenvalue weighted by molar-refractivity contribution is 0.0892. The molecule has 1 aliphatic heterocycles. The Labute approximate surface area is 142 Å². The molecule has 0 bridgehead atoms. The molecule has 5 heteroatoms. The van der Waals surface area contributed by atoms with E-state index in [-0.39, 0.29) is 6.10 Å². The van der Waals surface area contributed by atoms with Crippen molar-refractivity contribution in [1.29, 1.82) is 0 Å². The maximum Gasteiger partial charge on any atom is 0.173 e. The molecule has 1 unspecified atom stereocenters. The van der Waals surface area contributed by atoms with Crippen molar-refractivity contribution in [3.05, 3.63) is 54.0 Å². The lowest BCUT2D eigenvalue weighted by Crippen LogP contribution is -2.39. The molecule has 0 amide bonds. The van der Waals surface area contributed by atoms with Crippen LogP contribution in [0.2, 0.25) is 0 Å². The van der Waals surface area contributed by atoms with Gasteiger partial charge in [0.1, 0.15) is 5.76 Å². The first-order chi connectivity index (χ1) is 11.2. The fourth-order valence-corrected chi connectivity index (χ4v) is 3.00. The van der Waals surface area contributed by atoms with Gasteiger partial charge in [-0.3, -0.25) is 0 Å². The third-order valence-electron chi connectivity index (χ3n) is 4.05. The Morgan fingerprint density at radius 2 is 2.17 bits per heavy atom. The van der Waals surface area contributed by atoms with E-state index in [9.17, 15) is 0 Å². The van der Waals surface area contributed by atoms with Crippen molar-refractivity contribution in [2.75, 3.05) is 18.5 Å². The molecule has 1 fully saturated rings. The molecule has 1 aromatic carbocycles. The Hall–Kier alpha value is -1.85. The minimum absolute atomic E-state index is 0.238. The zero-order valence-electron chi connectivity index (χ0n) is 13.3. The summed E-state index contributed by atoms with van der Waals surface area (Å²) in [7, 11) is 0. The molecule has 4 nitrogen and oxygen atoms in total. The normalized spacial score (nSPS) is 17.2. The molecule has 0 radical (unpaired) electrons. The van der Waals surface area contributed by atoms with Gasteiger partial charge < -0.3 is 19.4 Å². The second kappa shape index (κ2) is 7.62. The molecule has 1 N–H and O–H groups in total. The zero-order chi connectivity index (χ0) is 16.1. The van der Waals surface area contributed by atoms with E-state index in [4.69, 9.17) is 21.4 Å². The Morgan fingerprint density at radius 3 is 2.87 bits per heavy atom. The van der Waals surface area contributed by atoms with E-state index in [1.807, 2.05) is 30.3 Å². The van der Waals surface area contributed by atoms with Crippen LogP contribution in [0, 0.1) is 6.92 Å². The summed E-state index contributed by atoms with van der Waals surface area (Å²) in [5.74, 6) is 0.900. The quantitative estimate of drug-likeness (QED) is 0.840. The number of para-hydroxylation sites is 1. The average molecular weight is 330 g/mol. The Morgan fingerprint density at radius 1 is 1.30 bits per heavy atom. The second-order valence-corrected chi connectivity index (χ2v) is 6.23. The van der Waals surface area contributed by atoms with E-state index < -0.39 is 0 Å². The summed E-state index contributed by atoms with van der Waals surface area (Å²) < 4.78 is 11.2. The van der Waals surface area contributed by atoms with E-state index in [0.29, 0.717) is 11.7 Å². The van der Waals surface area contributed by atoms with Gasteiger partial charge in [0, 0.05) is 18.8 Å². The molecular formula is C18H22N2O2S. The number of benzene rings is 1. The fourth-order valence-electron chi connectivity index (χ4n) is 2.75. The van der Waals surface area contributed by atoms with Crippen LogP contribution < -0.4 is 5.32 Å². The number of hydrogen-bond acceptors (Lipinski definition) is 3. The highest BCUT2D eigenvalue weighted by molar-refractivity contribution is 7.80. The Balaban J connectivity index is 1.70. The summed E-state index contributed by atoms with van der Waals surface area (Å²) in [5, 5.41) is 4.06. The highest BCUT2D eigenvalue weighted by Gasteiger charge is 2.22. The molecular weight excluding hydrogens is 308 g/mol. The third kappa shape index (κ3) is 4.33. The summed E-state index contributed by atoms with van der Waals surface area (Å²) in [6.45, 7) is 4.34. The molecule has 0 aliphatic carbocycles. The van der Waals surface area contributed by atoms with E-state index in [1.54, 1.807) is 6.26 Å². The van der Waals surface area contributed by atoms with E-state index in [1.165, 1.54) is 5.56 Å². The first kappa shape index (κ1) is 16.0. The molecule has 2 heterocycles. The van der Waals surface area contributed by atoms with Crippen LogP contribution in [0.5, 0.6) is 0 Å². The van der Waals surface area contributed by atoms with Crippen LogP contribution in [0.3, 0.4) is 0 Å². The van der Waals surface area contributed by atoms with Gasteiger partial charge in [-0.15, -0.1) is 0 Å². The molecule has 1 aliphatic rings. The number of thiocarbonyl (C=S) groups is 1. The summed E-state index contributed by atoms with van der Waals surface area (Å²) in [6.07, 6.45) is 4.14. The molecule has 3 rings (SSSR count). The average Bonchev–Trinajstić information content (AvgIpc) is 3.22. The van der Waals surface area contributed by atoms with Crippen LogP contribution in [-0.2, 0) is 11.3 Å². The van der Waals surface area contributed by atoms with Crippen LogP contribution >= 0.6 is 12.2 Å². The highest BCUT2D eigenvalue weighted by Crippen LogP contribution is 2.18. The molecule has 1 atom stereocenters.